The minimum absolute atomic E-state index is 0.151. The second kappa shape index (κ2) is 8.05. The predicted molar refractivity (Wildman–Crippen MR) is 84.7 cm³/mol. The van der Waals surface area contributed by atoms with Crippen LogP contribution >= 0.6 is 0 Å². The minimum Gasteiger partial charge on any atom is -0.354 e. The maximum absolute atomic E-state index is 11.8. The van der Waals surface area contributed by atoms with E-state index in [0.29, 0.717) is 18.9 Å². The van der Waals surface area contributed by atoms with Crippen LogP contribution in [0.25, 0.3) is 0 Å². The van der Waals surface area contributed by atoms with Crippen molar-refractivity contribution in [3.63, 3.8) is 0 Å². The minimum atomic E-state index is 0.151. The van der Waals surface area contributed by atoms with Gasteiger partial charge in [0.05, 0.1) is 6.04 Å². The highest BCUT2D eigenvalue weighted by Crippen LogP contribution is 2.18. The third-order valence-corrected chi connectivity index (χ3v) is 3.53. The number of rotatable bonds is 7. The molecule has 0 radical (unpaired) electrons. The van der Waals surface area contributed by atoms with Crippen molar-refractivity contribution in [3.8, 4) is 0 Å². The molecule has 0 saturated heterocycles. The summed E-state index contributed by atoms with van der Waals surface area (Å²) in [4.78, 5) is 14.0. The molecule has 1 N–H and O–H groups in total. The highest BCUT2D eigenvalue weighted by molar-refractivity contribution is 5.75. The Balaban J connectivity index is 2.56. The second-order valence-corrected chi connectivity index (χ2v) is 6.13. The van der Waals surface area contributed by atoms with Crippen LogP contribution in [0.2, 0.25) is 0 Å². The molecule has 0 fully saturated rings. The summed E-state index contributed by atoms with van der Waals surface area (Å²) in [7, 11) is 4.09. The zero-order valence-corrected chi connectivity index (χ0v) is 13.4. The Bertz CT molecular complexity index is 410. The third kappa shape index (κ3) is 5.74. The number of carbonyl (C=O) groups excluding carboxylic acids is 1. The summed E-state index contributed by atoms with van der Waals surface area (Å²) in [5, 5.41) is 3.05. The number of likely N-dealkylation sites (N-methyl/N-ethyl adjacent to an activating group) is 1. The van der Waals surface area contributed by atoms with Gasteiger partial charge in [-0.15, -0.1) is 0 Å². The van der Waals surface area contributed by atoms with E-state index in [1.54, 1.807) is 0 Å². The van der Waals surface area contributed by atoms with E-state index in [0.717, 1.165) is 6.42 Å². The van der Waals surface area contributed by atoms with Gasteiger partial charge in [-0.1, -0.05) is 43.7 Å². The number of aryl methyl sites for hydroxylation is 1. The number of hydrogen-bond donors (Lipinski definition) is 1. The summed E-state index contributed by atoms with van der Waals surface area (Å²) >= 11 is 0. The summed E-state index contributed by atoms with van der Waals surface area (Å²) in [6, 6.07) is 8.73. The van der Waals surface area contributed by atoms with Crippen LogP contribution in [0.4, 0.5) is 0 Å². The fourth-order valence-corrected chi connectivity index (χ4v) is 2.11. The molecule has 1 aromatic rings. The summed E-state index contributed by atoms with van der Waals surface area (Å²) in [6.07, 6.45) is 1.56. The Morgan fingerprint density at radius 3 is 2.30 bits per heavy atom. The van der Waals surface area contributed by atoms with Gasteiger partial charge in [0.1, 0.15) is 0 Å². The average Bonchev–Trinajstić information content (AvgIpc) is 2.38. The molecule has 0 aliphatic carbocycles. The molecule has 0 bridgehead atoms. The van der Waals surface area contributed by atoms with E-state index in [1.807, 2.05) is 14.1 Å². The van der Waals surface area contributed by atoms with Gasteiger partial charge >= 0.3 is 0 Å². The first kappa shape index (κ1) is 16.7. The molecule has 3 nitrogen and oxygen atoms in total. The van der Waals surface area contributed by atoms with Gasteiger partial charge in [-0.05, 0) is 38.9 Å². The second-order valence-electron chi connectivity index (χ2n) is 6.13. The van der Waals surface area contributed by atoms with Crippen LogP contribution in [0.15, 0.2) is 24.3 Å². The van der Waals surface area contributed by atoms with Gasteiger partial charge < -0.3 is 10.2 Å². The van der Waals surface area contributed by atoms with Crippen molar-refractivity contribution in [3.05, 3.63) is 35.4 Å². The molecular formula is C17H28N2O. The standard InChI is InChI=1S/C17H28N2O/c1-13(2)6-11-17(20)18-12-16(19(4)5)15-9-7-14(3)8-10-15/h7-10,13,16H,6,11-12H2,1-5H3,(H,18,20). The Kier molecular flexibility index (Phi) is 6.73. The summed E-state index contributed by atoms with van der Waals surface area (Å²) < 4.78 is 0. The molecule has 0 heterocycles. The van der Waals surface area contributed by atoms with Gasteiger partial charge in [-0.2, -0.15) is 0 Å². The average molecular weight is 276 g/mol. The first-order valence-corrected chi connectivity index (χ1v) is 7.40. The van der Waals surface area contributed by atoms with E-state index in [2.05, 4.69) is 55.3 Å². The molecule has 1 atom stereocenters. The molecule has 1 aromatic carbocycles. The van der Waals surface area contributed by atoms with Crippen molar-refractivity contribution < 1.29 is 4.79 Å². The number of hydrogen-bond acceptors (Lipinski definition) is 2. The monoisotopic (exact) mass is 276 g/mol. The zero-order chi connectivity index (χ0) is 15.1. The number of nitrogens with one attached hydrogen (secondary N) is 1. The van der Waals surface area contributed by atoms with E-state index >= 15 is 0 Å². The molecule has 0 aliphatic rings. The molecule has 1 unspecified atom stereocenters. The van der Waals surface area contributed by atoms with Crippen LogP contribution in [0.3, 0.4) is 0 Å². The van der Waals surface area contributed by atoms with Gasteiger partial charge in [-0.25, -0.2) is 0 Å². The van der Waals surface area contributed by atoms with Crippen LogP contribution in [0.5, 0.6) is 0 Å². The SMILES string of the molecule is Cc1ccc(C(CNC(=O)CCC(C)C)N(C)C)cc1. The fourth-order valence-electron chi connectivity index (χ4n) is 2.11. The first-order chi connectivity index (χ1) is 9.40. The van der Waals surface area contributed by atoms with Gasteiger partial charge in [0.15, 0.2) is 0 Å². The normalized spacial score (nSPS) is 12.8. The molecule has 3 heteroatoms. The lowest BCUT2D eigenvalue weighted by molar-refractivity contribution is -0.121. The molecule has 1 amide bonds. The first-order valence-electron chi connectivity index (χ1n) is 7.40. The zero-order valence-electron chi connectivity index (χ0n) is 13.4. The van der Waals surface area contributed by atoms with Crippen LogP contribution in [0, 0.1) is 12.8 Å². The lowest BCUT2D eigenvalue weighted by atomic mass is 10.0. The largest absolute Gasteiger partial charge is 0.354 e. The quantitative estimate of drug-likeness (QED) is 0.829. The smallest absolute Gasteiger partial charge is 0.220 e. The van der Waals surface area contributed by atoms with Crippen molar-refractivity contribution in [2.24, 2.45) is 5.92 Å². The Hall–Kier alpha value is -1.35. The summed E-state index contributed by atoms with van der Waals surface area (Å²) in [5.41, 5.74) is 2.50. The van der Waals surface area contributed by atoms with E-state index in [9.17, 15) is 4.79 Å². The number of amides is 1. The lowest BCUT2D eigenvalue weighted by Crippen LogP contribution is -2.34. The van der Waals surface area contributed by atoms with E-state index < -0.39 is 0 Å². The summed E-state index contributed by atoms with van der Waals surface area (Å²) in [6.45, 7) is 7.03. The van der Waals surface area contributed by atoms with Crippen LogP contribution in [-0.2, 0) is 4.79 Å². The van der Waals surface area contributed by atoms with E-state index in [1.165, 1.54) is 11.1 Å². The van der Waals surface area contributed by atoms with Crippen molar-refractivity contribution in [1.29, 1.82) is 0 Å². The maximum Gasteiger partial charge on any atom is 0.220 e. The van der Waals surface area contributed by atoms with Crippen molar-refractivity contribution >= 4 is 5.91 Å². The highest BCUT2D eigenvalue weighted by Gasteiger charge is 2.15. The number of nitrogens with zero attached hydrogens (tertiary/aromatic N) is 1. The van der Waals surface area contributed by atoms with Gasteiger partial charge in [0, 0.05) is 13.0 Å². The van der Waals surface area contributed by atoms with Gasteiger partial charge in [0.2, 0.25) is 5.91 Å². The molecule has 20 heavy (non-hydrogen) atoms. The number of carbonyl (C=O) groups is 1. The van der Waals surface area contributed by atoms with Crippen LogP contribution in [0.1, 0.15) is 43.9 Å². The lowest BCUT2D eigenvalue weighted by Gasteiger charge is -2.25. The summed E-state index contributed by atoms with van der Waals surface area (Å²) in [5.74, 6) is 0.722. The number of benzene rings is 1. The third-order valence-electron chi connectivity index (χ3n) is 3.53. The predicted octanol–water partition coefficient (Wildman–Crippen LogP) is 3.15. The molecule has 1 rings (SSSR count). The molecule has 0 aromatic heterocycles. The highest BCUT2D eigenvalue weighted by atomic mass is 16.1. The molecule has 0 aliphatic heterocycles. The fraction of sp³-hybridized carbons (Fsp3) is 0.588. The van der Waals surface area contributed by atoms with Crippen molar-refractivity contribution in [1.82, 2.24) is 10.2 Å². The van der Waals surface area contributed by atoms with E-state index in [4.69, 9.17) is 0 Å². The maximum atomic E-state index is 11.8. The van der Waals surface area contributed by atoms with Crippen molar-refractivity contribution in [2.45, 2.75) is 39.7 Å². The molecule has 0 saturated carbocycles. The molecule has 112 valence electrons. The Morgan fingerprint density at radius 1 is 1.20 bits per heavy atom. The topological polar surface area (TPSA) is 32.3 Å². The Morgan fingerprint density at radius 2 is 1.80 bits per heavy atom. The van der Waals surface area contributed by atoms with Crippen LogP contribution in [-0.4, -0.2) is 31.4 Å². The van der Waals surface area contributed by atoms with Gasteiger partial charge in [-0.3, -0.25) is 4.79 Å². The van der Waals surface area contributed by atoms with Crippen molar-refractivity contribution in [2.75, 3.05) is 20.6 Å². The van der Waals surface area contributed by atoms with Crippen LogP contribution < -0.4 is 5.32 Å². The molecular weight excluding hydrogens is 248 g/mol. The molecule has 0 spiro atoms. The van der Waals surface area contributed by atoms with E-state index in [-0.39, 0.29) is 11.9 Å². The Labute approximate surface area is 123 Å². The van der Waals surface area contributed by atoms with Gasteiger partial charge in [0.25, 0.3) is 0 Å².